The minimum Gasteiger partial charge on any atom is -0.285 e. The summed E-state index contributed by atoms with van der Waals surface area (Å²) < 4.78 is 0. The first-order valence-corrected chi connectivity index (χ1v) is 6.30. The van der Waals surface area contributed by atoms with Crippen molar-refractivity contribution in [2.75, 3.05) is 0 Å². The fourth-order valence-corrected chi connectivity index (χ4v) is 2.28. The lowest BCUT2D eigenvalue weighted by atomic mass is 10.1. The molecule has 0 unspecified atom stereocenters. The Kier molecular flexibility index (Phi) is 2.35. The summed E-state index contributed by atoms with van der Waals surface area (Å²) >= 11 is 0. The van der Waals surface area contributed by atoms with E-state index in [9.17, 15) is 0 Å². The first-order chi connectivity index (χ1) is 9.92. The van der Waals surface area contributed by atoms with Crippen molar-refractivity contribution in [3.63, 3.8) is 0 Å². The maximum Gasteiger partial charge on any atom is 0.103 e. The van der Waals surface area contributed by atoms with Crippen LogP contribution in [-0.2, 0) is 0 Å². The van der Waals surface area contributed by atoms with E-state index in [1.54, 1.807) is 6.20 Å². The van der Waals surface area contributed by atoms with Crippen molar-refractivity contribution in [1.29, 1.82) is 0 Å². The number of benzene rings is 1. The molecule has 20 heavy (non-hydrogen) atoms. The van der Waals surface area contributed by atoms with Crippen LogP contribution in [0.1, 0.15) is 0 Å². The number of pyridine rings is 1. The van der Waals surface area contributed by atoms with Gasteiger partial charge in [-0.15, -0.1) is 0 Å². The molecule has 0 aliphatic rings. The molecule has 0 spiro atoms. The molecule has 2 N–H and O–H groups in total. The van der Waals surface area contributed by atoms with Crippen molar-refractivity contribution < 1.29 is 0 Å². The average molecular weight is 261 g/mol. The van der Waals surface area contributed by atoms with E-state index in [4.69, 9.17) is 0 Å². The van der Waals surface area contributed by atoms with Gasteiger partial charge in [-0.2, -0.15) is 10.2 Å². The van der Waals surface area contributed by atoms with Crippen molar-refractivity contribution in [3.05, 3.63) is 55.0 Å². The highest BCUT2D eigenvalue weighted by molar-refractivity contribution is 5.94. The number of fused-ring (bicyclic) bond motifs is 1. The van der Waals surface area contributed by atoms with Crippen LogP contribution in [-0.4, -0.2) is 25.4 Å². The van der Waals surface area contributed by atoms with Gasteiger partial charge >= 0.3 is 0 Å². The Balaban J connectivity index is 1.92. The summed E-state index contributed by atoms with van der Waals surface area (Å²) in [5.41, 5.74) is 4.79. The monoisotopic (exact) mass is 261 g/mol. The van der Waals surface area contributed by atoms with Crippen LogP contribution in [0.2, 0.25) is 0 Å². The molecule has 3 heterocycles. The SMILES string of the molecule is c1ccc(-c2cc3c(-c4cn[nH]c4)n[nH]c3cn2)cc1. The zero-order valence-corrected chi connectivity index (χ0v) is 10.5. The summed E-state index contributed by atoms with van der Waals surface area (Å²) in [5, 5.41) is 15.2. The molecule has 0 bridgehead atoms. The molecular weight excluding hydrogens is 250 g/mol. The average Bonchev–Trinajstić information content (AvgIpc) is 3.16. The summed E-state index contributed by atoms with van der Waals surface area (Å²) in [5.74, 6) is 0. The van der Waals surface area contributed by atoms with Crippen LogP contribution in [0.4, 0.5) is 0 Å². The normalized spacial score (nSPS) is 11.0. The number of aromatic amines is 2. The van der Waals surface area contributed by atoms with E-state index in [2.05, 4.69) is 31.4 Å². The van der Waals surface area contributed by atoms with E-state index in [1.807, 2.05) is 42.7 Å². The maximum atomic E-state index is 4.48. The van der Waals surface area contributed by atoms with Gasteiger partial charge in [0.15, 0.2) is 0 Å². The number of H-pyrrole nitrogens is 2. The first kappa shape index (κ1) is 10.9. The predicted molar refractivity (Wildman–Crippen MR) is 76.9 cm³/mol. The number of hydrogen-bond acceptors (Lipinski definition) is 3. The van der Waals surface area contributed by atoms with Crippen molar-refractivity contribution in [2.24, 2.45) is 0 Å². The van der Waals surface area contributed by atoms with E-state index in [0.29, 0.717) is 0 Å². The van der Waals surface area contributed by atoms with Gasteiger partial charge in [0.05, 0.1) is 23.6 Å². The number of rotatable bonds is 2. The van der Waals surface area contributed by atoms with E-state index in [0.717, 1.165) is 33.4 Å². The van der Waals surface area contributed by atoms with Crippen LogP contribution >= 0.6 is 0 Å². The Hall–Kier alpha value is -2.95. The third kappa shape index (κ3) is 1.68. The van der Waals surface area contributed by atoms with Gasteiger partial charge in [0.25, 0.3) is 0 Å². The molecule has 4 aromatic rings. The van der Waals surface area contributed by atoms with E-state index >= 15 is 0 Å². The van der Waals surface area contributed by atoms with Crippen LogP contribution in [0.5, 0.6) is 0 Å². The van der Waals surface area contributed by atoms with Crippen LogP contribution in [0.3, 0.4) is 0 Å². The highest BCUT2D eigenvalue weighted by Gasteiger charge is 2.10. The molecule has 0 radical (unpaired) electrons. The molecule has 1 aromatic carbocycles. The second-order valence-electron chi connectivity index (χ2n) is 4.54. The Morgan fingerprint density at radius 3 is 2.65 bits per heavy atom. The van der Waals surface area contributed by atoms with Crippen LogP contribution in [0, 0.1) is 0 Å². The molecule has 0 aliphatic heterocycles. The summed E-state index contributed by atoms with van der Waals surface area (Å²) in [6.07, 6.45) is 5.41. The molecular formula is C15H11N5. The van der Waals surface area contributed by atoms with Gasteiger partial charge in [-0.1, -0.05) is 30.3 Å². The van der Waals surface area contributed by atoms with Gasteiger partial charge in [-0.25, -0.2) is 0 Å². The topological polar surface area (TPSA) is 70.2 Å². The summed E-state index contributed by atoms with van der Waals surface area (Å²) in [7, 11) is 0. The molecule has 4 rings (SSSR count). The number of aromatic nitrogens is 5. The van der Waals surface area contributed by atoms with E-state index < -0.39 is 0 Å². The van der Waals surface area contributed by atoms with Gasteiger partial charge in [0.2, 0.25) is 0 Å². The Morgan fingerprint density at radius 2 is 1.85 bits per heavy atom. The smallest absolute Gasteiger partial charge is 0.103 e. The zero-order chi connectivity index (χ0) is 13.4. The highest BCUT2D eigenvalue weighted by Crippen LogP contribution is 2.28. The molecule has 0 amide bonds. The third-order valence-electron chi connectivity index (χ3n) is 3.29. The molecule has 0 atom stereocenters. The quantitative estimate of drug-likeness (QED) is 0.582. The lowest BCUT2D eigenvalue weighted by Gasteiger charge is -2.00. The van der Waals surface area contributed by atoms with Crippen LogP contribution in [0.25, 0.3) is 33.4 Å². The molecule has 5 heteroatoms. The second kappa shape index (κ2) is 4.31. The fourth-order valence-electron chi connectivity index (χ4n) is 2.28. The molecule has 0 saturated carbocycles. The standard InChI is InChI=1S/C15H11N5/c1-2-4-10(5-3-1)13-6-12-14(9-16-13)19-20-15(12)11-7-17-18-8-11/h1-9H,(H,17,18)(H,19,20). The largest absolute Gasteiger partial charge is 0.285 e. The molecule has 3 aromatic heterocycles. The number of nitrogens with zero attached hydrogens (tertiary/aromatic N) is 3. The van der Waals surface area contributed by atoms with E-state index in [-0.39, 0.29) is 0 Å². The van der Waals surface area contributed by atoms with Crippen LogP contribution < -0.4 is 0 Å². The van der Waals surface area contributed by atoms with Crippen molar-refractivity contribution >= 4 is 10.9 Å². The maximum absolute atomic E-state index is 4.48. The minimum atomic E-state index is 0.883. The number of hydrogen-bond donors (Lipinski definition) is 2. The summed E-state index contributed by atoms with van der Waals surface area (Å²) in [6.45, 7) is 0. The van der Waals surface area contributed by atoms with Gasteiger partial charge < -0.3 is 0 Å². The fraction of sp³-hybridized carbons (Fsp3) is 0. The van der Waals surface area contributed by atoms with Crippen molar-refractivity contribution in [3.8, 4) is 22.5 Å². The molecule has 0 aliphatic carbocycles. The first-order valence-electron chi connectivity index (χ1n) is 6.30. The van der Waals surface area contributed by atoms with Crippen LogP contribution in [0.15, 0.2) is 55.0 Å². The summed E-state index contributed by atoms with van der Waals surface area (Å²) in [4.78, 5) is 4.48. The molecule has 5 nitrogen and oxygen atoms in total. The van der Waals surface area contributed by atoms with E-state index in [1.165, 1.54) is 0 Å². The third-order valence-corrected chi connectivity index (χ3v) is 3.29. The van der Waals surface area contributed by atoms with Crippen molar-refractivity contribution in [2.45, 2.75) is 0 Å². The Morgan fingerprint density at radius 1 is 0.950 bits per heavy atom. The second-order valence-corrected chi connectivity index (χ2v) is 4.54. The summed E-state index contributed by atoms with van der Waals surface area (Å²) in [6, 6.07) is 12.2. The molecule has 0 fully saturated rings. The predicted octanol–water partition coefficient (Wildman–Crippen LogP) is 3.01. The number of nitrogens with one attached hydrogen (secondary N) is 2. The lowest BCUT2D eigenvalue weighted by Crippen LogP contribution is -1.83. The highest BCUT2D eigenvalue weighted by atomic mass is 15.1. The lowest BCUT2D eigenvalue weighted by molar-refractivity contribution is 1.09. The minimum absolute atomic E-state index is 0.883. The Labute approximate surface area is 114 Å². The van der Waals surface area contributed by atoms with Crippen molar-refractivity contribution in [1.82, 2.24) is 25.4 Å². The van der Waals surface area contributed by atoms with Gasteiger partial charge in [0.1, 0.15) is 5.69 Å². The van der Waals surface area contributed by atoms with Gasteiger partial charge in [0, 0.05) is 22.7 Å². The Bertz CT molecular complexity index is 847. The molecule has 96 valence electrons. The van der Waals surface area contributed by atoms with Gasteiger partial charge in [-0.05, 0) is 6.07 Å². The zero-order valence-electron chi connectivity index (χ0n) is 10.5. The molecule has 0 saturated heterocycles. The van der Waals surface area contributed by atoms with Gasteiger partial charge in [-0.3, -0.25) is 15.2 Å².